The van der Waals surface area contributed by atoms with Crippen LogP contribution in [0.15, 0.2) is 0 Å². The molecule has 2 amide bonds. The maximum atomic E-state index is 12.0. The quantitative estimate of drug-likeness (QED) is 0.611. The third-order valence-electron chi connectivity index (χ3n) is 2.77. The van der Waals surface area contributed by atoms with Gasteiger partial charge in [0.1, 0.15) is 6.04 Å². The van der Waals surface area contributed by atoms with E-state index in [9.17, 15) is 9.59 Å². The number of anilines is 1. The standard InChI is InChI=1S/C13H23N5O2/c1-5-6-9-10(14)11(18-17-9)13(20)16-8(4)12(19)15-7(2)3/h7-8H,5-6,14H2,1-4H3,(H,15,19)(H,16,20)(H,17,18). The summed E-state index contributed by atoms with van der Waals surface area (Å²) >= 11 is 0. The first-order chi connectivity index (χ1) is 9.36. The second kappa shape index (κ2) is 6.93. The molecule has 7 heteroatoms. The molecule has 0 aliphatic carbocycles. The van der Waals surface area contributed by atoms with Crippen LogP contribution >= 0.6 is 0 Å². The highest BCUT2D eigenvalue weighted by Crippen LogP contribution is 2.15. The molecule has 1 aromatic heterocycles. The smallest absolute Gasteiger partial charge is 0.274 e. The minimum atomic E-state index is -0.643. The van der Waals surface area contributed by atoms with Crippen LogP contribution in [0.25, 0.3) is 0 Å². The number of hydrogen-bond donors (Lipinski definition) is 4. The van der Waals surface area contributed by atoms with Gasteiger partial charge in [0, 0.05) is 6.04 Å². The molecule has 5 N–H and O–H groups in total. The summed E-state index contributed by atoms with van der Waals surface area (Å²) in [5.74, 6) is -0.691. The zero-order valence-corrected chi connectivity index (χ0v) is 12.4. The summed E-state index contributed by atoms with van der Waals surface area (Å²) in [5.41, 5.74) is 7.10. The summed E-state index contributed by atoms with van der Waals surface area (Å²) in [5, 5.41) is 12.0. The zero-order chi connectivity index (χ0) is 15.3. The van der Waals surface area contributed by atoms with Crippen LogP contribution in [-0.4, -0.2) is 34.1 Å². The molecule has 1 rings (SSSR count). The number of aryl methyl sites for hydroxylation is 1. The monoisotopic (exact) mass is 281 g/mol. The van der Waals surface area contributed by atoms with Crippen LogP contribution in [-0.2, 0) is 11.2 Å². The second-order valence-corrected chi connectivity index (χ2v) is 5.07. The molecule has 0 bridgehead atoms. The average molecular weight is 281 g/mol. The molecular formula is C13H23N5O2. The number of carbonyl (C=O) groups is 2. The van der Waals surface area contributed by atoms with E-state index in [2.05, 4.69) is 20.8 Å². The molecule has 1 heterocycles. The van der Waals surface area contributed by atoms with Crippen LogP contribution in [0, 0.1) is 0 Å². The van der Waals surface area contributed by atoms with E-state index in [0.717, 1.165) is 18.5 Å². The van der Waals surface area contributed by atoms with Crippen molar-refractivity contribution in [3.05, 3.63) is 11.4 Å². The number of nitrogen functional groups attached to an aromatic ring is 1. The molecule has 0 fully saturated rings. The van der Waals surface area contributed by atoms with Gasteiger partial charge < -0.3 is 16.4 Å². The molecule has 1 aromatic rings. The van der Waals surface area contributed by atoms with E-state index in [0.29, 0.717) is 5.69 Å². The van der Waals surface area contributed by atoms with Crippen molar-refractivity contribution in [2.45, 2.75) is 52.6 Å². The molecule has 112 valence electrons. The number of H-pyrrole nitrogens is 1. The van der Waals surface area contributed by atoms with E-state index >= 15 is 0 Å². The number of nitrogens with one attached hydrogen (secondary N) is 3. The fourth-order valence-corrected chi connectivity index (χ4v) is 1.74. The van der Waals surface area contributed by atoms with Gasteiger partial charge in [-0.3, -0.25) is 14.7 Å². The van der Waals surface area contributed by atoms with Crippen LogP contribution < -0.4 is 16.4 Å². The van der Waals surface area contributed by atoms with Crippen LogP contribution in [0.4, 0.5) is 5.69 Å². The van der Waals surface area contributed by atoms with Gasteiger partial charge in [-0.2, -0.15) is 5.10 Å². The van der Waals surface area contributed by atoms with E-state index in [1.807, 2.05) is 20.8 Å². The first-order valence-corrected chi connectivity index (χ1v) is 6.80. The summed E-state index contributed by atoms with van der Waals surface area (Å²) in [6.07, 6.45) is 1.64. The Bertz CT molecular complexity index is 481. The zero-order valence-electron chi connectivity index (χ0n) is 12.4. The number of amides is 2. The van der Waals surface area contributed by atoms with Crippen molar-refractivity contribution < 1.29 is 9.59 Å². The van der Waals surface area contributed by atoms with E-state index in [1.54, 1.807) is 6.92 Å². The van der Waals surface area contributed by atoms with Gasteiger partial charge in [0.2, 0.25) is 5.91 Å². The Morgan fingerprint density at radius 2 is 1.95 bits per heavy atom. The normalized spacial score (nSPS) is 12.2. The maximum Gasteiger partial charge on any atom is 0.274 e. The molecule has 0 aromatic carbocycles. The summed E-state index contributed by atoms with van der Waals surface area (Å²) < 4.78 is 0. The largest absolute Gasteiger partial charge is 0.395 e. The minimum Gasteiger partial charge on any atom is -0.395 e. The van der Waals surface area contributed by atoms with Crippen molar-refractivity contribution in [1.29, 1.82) is 0 Å². The van der Waals surface area contributed by atoms with Crippen LogP contribution in [0.5, 0.6) is 0 Å². The van der Waals surface area contributed by atoms with Crippen molar-refractivity contribution >= 4 is 17.5 Å². The predicted octanol–water partition coefficient (Wildman–Crippen LogP) is 0.587. The average Bonchev–Trinajstić information content (AvgIpc) is 2.70. The van der Waals surface area contributed by atoms with E-state index in [1.165, 1.54) is 0 Å². The maximum absolute atomic E-state index is 12.0. The molecule has 0 spiro atoms. The van der Waals surface area contributed by atoms with E-state index in [4.69, 9.17) is 5.73 Å². The van der Waals surface area contributed by atoms with Gasteiger partial charge in [0.25, 0.3) is 5.91 Å². The number of aromatic amines is 1. The lowest BCUT2D eigenvalue weighted by atomic mass is 10.2. The number of nitrogens with zero attached hydrogens (tertiary/aromatic N) is 1. The molecular weight excluding hydrogens is 258 g/mol. The van der Waals surface area contributed by atoms with Gasteiger partial charge in [-0.15, -0.1) is 0 Å². The highest BCUT2D eigenvalue weighted by atomic mass is 16.2. The Hall–Kier alpha value is -2.05. The Labute approximate surface area is 118 Å². The van der Waals surface area contributed by atoms with Crippen molar-refractivity contribution in [2.75, 3.05) is 5.73 Å². The van der Waals surface area contributed by atoms with E-state index < -0.39 is 11.9 Å². The first kappa shape index (κ1) is 16.0. The number of aromatic nitrogens is 2. The molecule has 0 aliphatic heterocycles. The lowest BCUT2D eigenvalue weighted by Crippen LogP contribution is -2.47. The van der Waals surface area contributed by atoms with Gasteiger partial charge in [0.05, 0.1) is 11.4 Å². The third kappa shape index (κ3) is 3.97. The van der Waals surface area contributed by atoms with Crippen molar-refractivity contribution in [2.24, 2.45) is 0 Å². The molecule has 1 atom stereocenters. The minimum absolute atomic E-state index is 0.0217. The molecule has 0 aliphatic rings. The molecule has 20 heavy (non-hydrogen) atoms. The highest BCUT2D eigenvalue weighted by Gasteiger charge is 2.21. The lowest BCUT2D eigenvalue weighted by molar-refractivity contribution is -0.123. The van der Waals surface area contributed by atoms with Crippen molar-refractivity contribution in [3.63, 3.8) is 0 Å². The number of nitrogens with two attached hydrogens (primary N) is 1. The van der Waals surface area contributed by atoms with Crippen LogP contribution in [0.2, 0.25) is 0 Å². The number of rotatable bonds is 6. The molecule has 1 unspecified atom stereocenters. The van der Waals surface area contributed by atoms with Gasteiger partial charge in [-0.25, -0.2) is 0 Å². The lowest BCUT2D eigenvalue weighted by Gasteiger charge is -2.15. The van der Waals surface area contributed by atoms with Gasteiger partial charge in [0.15, 0.2) is 5.69 Å². The molecule has 0 saturated carbocycles. The fraction of sp³-hybridized carbons (Fsp3) is 0.615. The summed E-state index contributed by atoms with van der Waals surface area (Å²) in [7, 11) is 0. The topological polar surface area (TPSA) is 113 Å². The molecule has 0 radical (unpaired) electrons. The van der Waals surface area contributed by atoms with Crippen LogP contribution in [0.3, 0.4) is 0 Å². The third-order valence-corrected chi connectivity index (χ3v) is 2.77. The predicted molar refractivity (Wildman–Crippen MR) is 77.2 cm³/mol. The summed E-state index contributed by atoms with van der Waals surface area (Å²) in [6, 6.07) is -0.621. The molecule has 7 nitrogen and oxygen atoms in total. The van der Waals surface area contributed by atoms with Gasteiger partial charge >= 0.3 is 0 Å². The Morgan fingerprint density at radius 3 is 2.50 bits per heavy atom. The van der Waals surface area contributed by atoms with E-state index in [-0.39, 0.29) is 17.6 Å². The Morgan fingerprint density at radius 1 is 1.30 bits per heavy atom. The highest BCUT2D eigenvalue weighted by molar-refractivity contribution is 6.00. The summed E-state index contributed by atoms with van der Waals surface area (Å²) in [6.45, 7) is 7.34. The first-order valence-electron chi connectivity index (χ1n) is 6.80. The van der Waals surface area contributed by atoms with Crippen molar-refractivity contribution in [1.82, 2.24) is 20.8 Å². The molecule has 0 saturated heterocycles. The number of carbonyl (C=O) groups excluding carboxylic acids is 2. The van der Waals surface area contributed by atoms with Gasteiger partial charge in [-0.05, 0) is 27.2 Å². The summed E-state index contributed by atoms with van der Waals surface area (Å²) in [4.78, 5) is 23.8. The van der Waals surface area contributed by atoms with Crippen LogP contribution in [0.1, 0.15) is 50.3 Å². The van der Waals surface area contributed by atoms with Gasteiger partial charge in [-0.1, -0.05) is 13.3 Å². The van der Waals surface area contributed by atoms with Crippen molar-refractivity contribution in [3.8, 4) is 0 Å². The Balaban J connectivity index is 2.69. The fourth-order valence-electron chi connectivity index (χ4n) is 1.74. The SMILES string of the molecule is CCCc1[nH]nc(C(=O)NC(C)C(=O)NC(C)C)c1N. The number of hydrogen-bond acceptors (Lipinski definition) is 4. The Kier molecular flexibility index (Phi) is 5.54. The second-order valence-electron chi connectivity index (χ2n) is 5.07.